The molecule has 0 bridgehead atoms. The largest absolute Gasteiger partial charge is 0.311 e. The lowest BCUT2D eigenvalue weighted by molar-refractivity contribution is 0.629. The highest BCUT2D eigenvalue weighted by Gasteiger charge is 2.50. The first-order valence-corrected chi connectivity index (χ1v) is 34.7. The molecule has 0 N–H and O–H groups in total. The van der Waals surface area contributed by atoms with Crippen molar-refractivity contribution in [1.82, 2.24) is 0 Å². The van der Waals surface area contributed by atoms with Crippen LogP contribution in [0.25, 0.3) is 44.5 Å². The van der Waals surface area contributed by atoms with Crippen molar-refractivity contribution < 1.29 is 4.39 Å². The highest BCUT2D eigenvalue weighted by molar-refractivity contribution is 8.00. The van der Waals surface area contributed by atoms with Crippen molar-refractivity contribution >= 4 is 143 Å². The van der Waals surface area contributed by atoms with Crippen LogP contribution in [0.3, 0.4) is 0 Å². The molecule has 5 aliphatic heterocycles. The summed E-state index contributed by atoms with van der Waals surface area (Å²) in [6.45, 7) is -0.520. The fourth-order valence-corrected chi connectivity index (χ4v) is 17.9. The molecule has 5 aliphatic rings. The number of benzene rings is 15. The summed E-state index contributed by atoms with van der Waals surface area (Å²) < 4.78 is 18.6. The van der Waals surface area contributed by atoms with Gasteiger partial charge in [0.05, 0.1) is 17.1 Å². The summed E-state index contributed by atoms with van der Waals surface area (Å²) >= 11 is 1.86. The van der Waals surface area contributed by atoms with Crippen molar-refractivity contribution in [2.24, 2.45) is 0 Å². The first kappa shape index (κ1) is 57.0. The molecule has 0 unspecified atom stereocenters. The molecule has 5 heterocycles. The third-order valence-corrected chi connectivity index (χ3v) is 21.8. The van der Waals surface area contributed by atoms with Crippen LogP contribution in [0, 0.1) is 5.82 Å². The van der Waals surface area contributed by atoms with Gasteiger partial charge in [-0.15, -0.1) is 0 Å². The first-order chi connectivity index (χ1) is 49.1. The van der Waals surface area contributed by atoms with Gasteiger partial charge in [0.2, 0.25) is 6.71 Å². The summed E-state index contributed by atoms with van der Waals surface area (Å²) in [5.74, 6) is -0.293. The minimum atomic E-state index is -0.293. The molecule has 15 aromatic rings. The molecule has 15 aromatic carbocycles. The smallest absolute Gasteiger partial charge is 0.252 e. The van der Waals surface area contributed by atoms with Crippen molar-refractivity contribution in [2.75, 3.05) is 24.5 Å². The van der Waals surface area contributed by atoms with Gasteiger partial charge in [0.15, 0.2) is 0 Å². The Labute approximate surface area is 580 Å². The van der Waals surface area contributed by atoms with Crippen LogP contribution < -0.4 is 57.3 Å². The second kappa shape index (κ2) is 22.9. The van der Waals surface area contributed by atoms with Crippen molar-refractivity contribution in [2.45, 2.75) is 9.79 Å². The normalized spacial score (nSPS) is 13.0. The molecule has 0 saturated carbocycles. The Morgan fingerprint density at radius 3 is 1.32 bits per heavy atom. The van der Waals surface area contributed by atoms with Gasteiger partial charge in [-0.2, -0.15) is 0 Å². The highest BCUT2D eigenvalue weighted by Crippen LogP contribution is 2.59. The number of para-hydroxylation sites is 7. The molecular weight excluding hydrogens is 1220 g/mol. The van der Waals surface area contributed by atoms with E-state index in [1.807, 2.05) is 17.8 Å². The SMILES string of the molecule is Fc1cccc2c1N1c3cc(N(c4ccccc4)c4ccccc4)cc4c3B(c3ccccc3N4c3ccccc3)c3cc4c(c(c31)-c1ccccc1-2)Sc1cc(N(c2ccc(-c3ccccc3)cc2)c2cccc(-c3ccccc3)c2)cc2c1B4c1ccccc1N2c1ccccc1. The lowest BCUT2D eigenvalue weighted by atomic mass is 9.30. The van der Waals surface area contributed by atoms with Crippen LogP contribution in [0.15, 0.2) is 362 Å². The first-order valence-electron chi connectivity index (χ1n) is 33.9. The maximum atomic E-state index is 18.6. The predicted molar refractivity (Wildman–Crippen MR) is 415 cm³/mol. The summed E-state index contributed by atoms with van der Waals surface area (Å²) in [4.78, 5) is 14.4. The topological polar surface area (TPSA) is 16.2 Å². The second-order valence-electron chi connectivity index (χ2n) is 26.0. The van der Waals surface area contributed by atoms with E-state index in [1.54, 1.807) is 6.07 Å². The van der Waals surface area contributed by atoms with E-state index < -0.39 is 0 Å². The molecule has 462 valence electrons. The zero-order valence-corrected chi connectivity index (χ0v) is 54.5. The molecule has 0 atom stereocenters. The van der Waals surface area contributed by atoms with E-state index >= 15 is 4.39 Å². The van der Waals surface area contributed by atoms with Crippen LogP contribution >= 0.6 is 11.8 Å². The molecule has 0 aromatic heterocycles. The van der Waals surface area contributed by atoms with Crippen molar-refractivity contribution in [3.63, 3.8) is 0 Å². The number of rotatable bonds is 10. The number of anilines is 15. The van der Waals surface area contributed by atoms with Crippen molar-refractivity contribution in [3.05, 3.63) is 358 Å². The molecule has 0 spiro atoms. The number of hydrogen-bond donors (Lipinski definition) is 0. The van der Waals surface area contributed by atoms with Crippen molar-refractivity contribution in [1.29, 1.82) is 0 Å². The van der Waals surface area contributed by atoms with Gasteiger partial charge in [0.25, 0.3) is 6.71 Å². The van der Waals surface area contributed by atoms with Crippen LogP contribution in [-0.4, -0.2) is 13.4 Å². The van der Waals surface area contributed by atoms with E-state index in [2.05, 4.69) is 364 Å². The molecule has 0 aliphatic carbocycles. The number of hydrogen-bond acceptors (Lipinski definition) is 6. The molecule has 99 heavy (non-hydrogen) atoms. The Morgan fingerprint density at radius 1 is 0.273 bits per heavy atom. The monoisotopic (exact) mass is 1280 g/mol. The maximum absolute atomic E-state index is 18.6. The number of halogens is 1. The molecule has 20 rings (SSSR count). The highest BCUT2D eigenvalue weighted by atomic mass is 32.2. The predicted octanol–water partition coefficient (Wildman–Crippen LogP) is 20.6. The Kier molecular flexibility index (Phi) is 13.2. The van der Waals surface area contributed by atoms with E-state index in [-0.39, 0.29) is 19.2 Å². The summed E-state index contributed by atoms with van der Waals surface area (Å²) in [6.07, 6.45) is 0. The quantitative estimate of drug-likeness (QED) is 0.126. The standard InChI is InChI=1S/C90H58B2FN5S/c93-78-46-26-43-73-71-41-19-20-42-72(71)85-89-76(91-74-44-21-23-47-79(74)96(65-36-15-5-16-37-65)81-54-69(55-82(86(81)91)98(89)88(73)78)94(63-32-11-3-12-33-63)64-34-13-4-14-35-64)58-77-90(85)99-84-57-70(56-83-87(84)92(77)75-45-22-24-48-80(75)97(83)66-38-17-6-18-39-66)95(67-51-49-61(50-52-67)59-27-7-1-8-28-59)68-40-25-31-62(53-68)60-29-9-2-10-30-60/h1-58H. The minimum absolute atomic E-state index is 0.228. The molecule has 9 heteroatoms. The van der Waals surface area contributed by atoms with Gasteiger partial charge in [-0.05, 0) is 176 Å². The van der Waals surface area contributed by atoms with Gasteiger partial charge in [-0.1, -0.05) is 254 Å². The van der Waals surface area contributed by atoms with E-state index in [1.165, 1.54) is 27.4 Å². The molecule has 0 radical (unpaired) electrons. The fourth-order valence-electron chi connectivity index (χ4n) is 16.5. The van der Waals surface area contributed by atoms with Gasteiger partial charge < -0.3 is 24.5 Å². The average Bonchev–Trinajstić information content (AvgIpc) is 1.38. The Bertz CT molecular complexity index is 5670. The summed E-state index contributed by atoms with van der Waals surface area (Å²) in [5.41, 5.74) is 30.6. The van der Waals surface area contributed by atoms with Crippen LogP contribution in [-0.2, 0) is 0 Å². The number of nitrogens with zero attached hydrogens (tertiary/aromatic N) is 5. The molecule has 5 nitrogen and oxygen atoms in total. The van der Waals surface area contributed by atoms with Gasteiger partial charge in [-0.25, -0.2) is 4.39 Å². The Balaban J connectivity index is 0.897. The van der Waals surface area contributed by atoms with Gasteiger partial charge in [0.1, 0.15) is 5.82 Å². The Morgan fingerprint density at radius 2 is 0.707 bits per heavy atom. The van der Waals surface area contributed by atoms with E-state index in [0.29, 0.717) is 5.69 Å². The summed E-state index contributed by atoms with van der Waals surface area (Å²) in [7, 11) is 0. The second-order valence-corrected chi connectivity index (χ2v) is 27.1. The minimum Gasteiger partial charge on any atom is -0.311 e. The van der Waals surface area contributed by atoms with Crippen LogP contribution in [0.1, 0.15) is 0 Å². The van der Waals surface area contributed by atoms with E-state index in [4.69, 9.17) is 0 Å². The maximum Gasteiger partial charge on any atom is 0.252 e. The van der Waals surface area contributed by atoms with Gasteiger partial charge in [0, 0.05) is 89.2 Å². The molecule has 0 saturated heterocycles. The zero-order valence-electron chi connectivity index (χ0n) is 53.7. The van der Waals surface area contributed by atoms with Crippen LogP contribution in [0.4, 0.5) is 89.7 Å². The molecule has 0 amide bonds. The lowest BCUT2D eigenvalue weighted by Gasteiger charge is -2.47. The third kappa shape index (κ3) is 8.97. The van der Waals surface area contributed by atoms with Crippen molar-refractivity contribution in [3.8, 4) is 44.5 Å². The Hall–Kier alpha value is -12.3. The summed E-state index contributed by atoms with van der Waals surface area (Å²) in [6, 6.07) is 127. The zero-order chi connectivity index (χ0) is 65.2. The third-order valence-electron chi connectivity index (χ3n) is 20.6. The fraction of sp³-hybridized carbons (Fsp3) is 0. The molecular formula is C90H58B2FN5S. The molecule has 0 fully saturated rings. The van der Waals surface area contributed by atoms with Gasteiger partial charge >= 0.3 is 0 Å². The van der Waals surface area contributed by atoms with E-state index in [0.717, 1.165) is 139 Å². The van der Waals surface area contributed by atoms with Crippen LogP contribution in [0.2, 0.25) is 0 Å². The van der Waals surface area contributed by atoms with E-state index in [9.17, 15) is 0 Å². The lowest BCUT2D eigenvalue weighted by Crippen LogP contribution is -2.64. The summed E-state index contributed by atoms with van der Waals surface area (Å²) in [5, 5.41) is 0. The van der Waals surface area contributed by atoms with Crippen LogP contribution in [0.5, 0.6) is 0 Å². The number of fused-ring (bicyclic) bond motifs is 14. The average molecular weight is 1280 g/mol. The van der Waals surface area contributed by atoms with Gasteiger partial charge in [-0.3, -0.25) is 0 Å².